The van der Waals surface area contributed by atoms with E-state index in [4.69, 9.17) is 9.47 Å². The lowest BCUT2D eigenvalue weighted by Crippen LogP contribution is -2.45. The van der Waals surface area contributed by atoms with Gasteiger partial charge in [-0.3, -0.25) is 0 Å². The normalized spacial score (nSPS) is 13.4. The van der Waals surface area contributed by atoms with Gasteiger partial charge in [-0.2, -0.15) is 0 Å². The van der Waals surface area contributed by atoms with E-state index in [1.165, 1.54) is 0 Å². The predicted molar refractivity (Wildman–Crippen MR) is 107 cm³/mol. The van der Waals surface area contributed by atoms with Crippen molar-refractivity contribution < 1.29 is 19.4 Å². The molecule has 7 heteroatoms. The Morgan fingerprint density at radius 3 is 2.68 bits per heavy atom. The minimum atomic E-state index is -0.222. The summed E-state index contributed by atoms with van der Waals surface area (Å²) in [6, 6.07) is 12.9. The Morgan fingerprint density at radius 2 is 1.89 bits per heavy atom. The molecule has 3 N–H and O–H groups in total. The number of fused-ring (bicyclic) bond motifs is 1. The molecule has 2 aromatic carbocycles. The van der Waals surface area contributed by atoms with Gasteiger partial charge in [0.15, 0.2) is 11.5 Å². The Kier molecular flexibility index (Phi) is 6.60. The molecule has 0 spiro atoms. The van der Waals surface area contributed by atoms with E-state index < -0.39 is 0 Å². The molecule has 0 aromatic heterocycles. The topological polar surface area (TPSA) is 83.1 Å². The van der Waals surface area contributed by atoms with Crippen LogP contribution in [0.5, 0.6) is 17.2 Å². The summed E-state index contributed by atoms with van der Waals surface area (Å²) in [5.74, 6) is 1.81. The number of urea groups is 1. The van der Waals surface area contributed by atoms with Gasteiger partial charge < -0.3 is 30.1 Å². The number of para-hydroxylation sites is 2. The van der Waals surface area contributed by atoms with E-state index in [9.17, 15) is 9.90 Å². The van der Waals surface area contributed by atoms with Gasteiger partial charge in [0.25, 0.3) is 0 Å². The highest BCUT2D eigenvalue weighted by Crippen LogP contribution is 2.36. The van der Waals surface area contributed by atoms with Crippen LogP contribution in [-0.4, -0.2) is 56.1 Å². The fourth-order valence-corrected chi connectivity index (χ4v) is 3.15. The molecule has 1 heterocycles. The molecule has 0 unspecified atom stereocenters. The number of nitrogens with zero attached hydrogens (tertiary/aromatic N) is 1. The molecule has 1 atom stereocenters. The van der Waals surface area contributed by atoms with Crippen LogP contribution in [0.4, 0.5) is 4.79 Å². The fourth-order valence-electron chi connectivity index (χ4n) is 3.15. The summed E-state index contributed by atoms with van der Waals surface area (Å²) in [5, 5.41) is 15.5. The van der Waals surface area contributed by atoms with Crippen molar-refractivity contribution in [1.82, 2.24) is 15.5 Å². The van der Waals surface area contributed by atoms with E-state index in [0.29, 0.717) is 19.5 Å². The summed E-state index contributed by atoms with van der Waals surface area (Å²) in [4.78, 5) is 14.2. The zero-order chi connectivity index (χ0) is 19.9. The lowest BCUT2D eigenvalue weighted by atomic mass is 10.0. The molecule has 0 radical (unpaired) electrons. The second-order valence-corrected chi connectivity index (χ2v) is 6.99. The number of phenols is 1. The molecule has 28 heavy (non-hydrogen) atoms. The lowest BCUT2D eigenvalue weighted by Gasteiger charge is -2.25. The van der Waals surface area contributed by atoms with Gasteiger partial charge in [0.05, 0.1) is 0 Å². The summed E-state index contributed by atoms with van der Waals surface area (Å²) in [7, 11) is 3.98. The summed E-state index contributed by atoms with van der Waals surface area (Å²) >= 11 is 0. The summed E-state index contributed by atoms with van der Waals surface area (Å²) < 4.78 is 11.0. The number of aromatic hydroxyl groups is 1. The van der Waals surface area contributed by atoms with Crippen LogP contribution in [0.1, 0.15) is 11.1 Å². The van der Waals surface area contributed by atoms with Crippen molar-refractivity contribution in [3.8, 4) is 17.2 Å². The SMILES string of the molecule is CN(C)[C@H](CNC(=O)NCCc1ccccc1O)Cc1cccc2c1OCO2. The van der Waals surface area contributed by atoms with Crippen molar-refractivity contribution in [2.24, 2.45) is 0 Å². The average Bonchev–Trinajstić information content (AvgIpc) is 3.16. The van der Waals surface area contributed by atoms with Crippen molar-refractivity contribution >= 4 is 6.03 Å². The van der Waals surface area contributed by atoms with Gasteiger partial charge in [0, 0.05) is 19.1 Å². The highest BCUT2D eigenvalue weighted by Gasteiger charge is 2.21. The van der Waals surface area contributed by atoms with E-state index in [0.717, 1.165) is 29.0 Å². The van der Waals surface area contributed by atoms with Crippen molar-refractivity contribution in [3.05, 3.63) is 53.6 Å². The van der Waals surface area contributed by atoms with Crippen LogP contribution in [0.3, 0.4) is 0 Å². The first kappa shape index (κ1) is 19.8. The number of amides is 2. The molecule has 150 valence electrons. The number of rotatable bonds is 8. The third-order valence-electron chi connectivity index (χ3n) is 4.83. The summed E-state index contributed by atoms with van der Waals surface area (Å²) in [6.45, 7) is 1.20. The standard InChI is InChI=1S/C21H27N3O4/c1-24(2)17(12-16-7-5-9-19-20(16)28-14-27-19)13-23-21(26)22-11-10-15-6-3-4-8-18(15)25/h3-9,17,25H,10-14H2,1-2H3,(H2,22,23,26)/t17-/m0/s1. The molecule has 0 saturated heterocycles. The van der Waals surface area contributed by atoms with Crippen LogP contribution in [0.15, 0.2) is 42.5 Å². The molecule has 7 nitrogen and oxygen atoms in total. The number of nitrogens with one attached hydrogen (secondary N) is 2. The van der Waals surface area contributed by atoms with Gasteiger partial charge >= 0.3 is 6.03 Å². The van der Waals surface area contributed by atoms with Crippen molar-refractivity contribution in [3.63, 3.8) is 0 Å². The Bertz CT molecular complexity index is 810. The number of carbonyl (C=O) groups excluding carboxylic acids is 1. The zero-order valence-electron chi connectivity index (χ0n) is 16.3. The van der Waals surface area contributed by atoms with Gasteiger partial charge in [-0.1, -0.05) is 30.3 Å². The van der Waals surface area contributed by atoms with Crippen LogP contribution in [0.25, 0.3) is 0 Å². The van der Waals surface area contributed by atoms with Crippen molar-refractivity contribution in [1.29, 1.82) is 0 Å². The maximum Gasteiger partial charge on any atom is 0.314 e. The molecule has 0 aliphatic carbocycles. The third kappa shape index (κ3) is 5.07. The van der Waals surface area contributed by atoms with E-state index in [1.807, 2.05) is 44.4 Å². The Hall–Kier alpha value is -2.93. The van der Waals surface area contributed by atoms with Crippen LogP contribution < -0.4 is 20.1 Å². The second kappa shape index (κ2) is 9.32. The summed E-state index contributed by atoms with van der Waals surface area (Å²) in [5.41, 5.74) is 1.88. The molecule has 1 aliphatic heterocycles. The Morgan fingerprint density at radius 1 is 1.11 bits per heavy atom. The van der Waals surface area contributed by atoms with Gasteiger partial charge in [0.1, 0.15) is 5.75 Å². The quantitative estimate of drug-likeness (QED) is 0.649. The van der Waals surface area contributed by atoms with Gasteiger partial charge in [-0.25, -0.2) is 4.79 Å². The first-order valence-electron chi connectivity index (χ1n) is 9.37. The number of ether oxygens (including phenoxy) is 2. The van der Waals surface area contributed by atoms with E-state index >= 15 is 0 Å². The highest BCUT2D eigenvalue weighted by atomic mass is 16.7. The van der Waals surface area contributed by atoms with E-state index in [-0.39, 0.29) is 24.6 Å². The molecular weight excluding hydrogens is 358 g/mol. The molecule has 2 aromatic rings. The van der Waals surface area contributed by atoms with Crippen LogP contribution in [-0.2, 0) is 12.8 Å². The first-order chi connectivity index (χ1) is 13.5. The first-order valence-corrected chi connectivity index (χ1v) is 9.37. The minimum Gasteiger partial charge on any atom is -0.508 e. The number of benzene rings is 2. The monoisotopic (exact) mass is 385 g/mol. The molecule has 2 amide bonds. The van der Waals surface area contributed by atoms with Gasteiger partial charge in [0.2, 0.25) is 6.79 Å². The number of phenolic OH excluding ortho intramolecular Hbond substituents is 1. The lowest BCUT2D eigenvalue weighted by molar-refractivity contribution is 0.172. The highest BCUT2D eigenvalue weighted by molar-refractivity contribution is 5.73. The minimum absolute atomic E-state index is 0.111. The van der Waals surface area contributed by atoms with E-state index in [1.54, 1.807) is 12.1 Å². The van der Waals surface area contributed by atoms with Crippen molar-refractivity contribution in [2.45, 2.75) is 18.9 Å². The van der Waals surface area contributed by atoms with Crippen LogP contribution in [0.2, 0.25) is 0 Å². The predicted octanol–water partition coefficient (Wildman–Crippen LogP) is 2.14. The second-order valence-electron chi connectivity index (χ2n) is 6.99. The molecule has 0 bridgehead atoms. The third-order valence-corrected chi connectivity index (χ3v) is 4.83. The molecule has 3 rings (SSSR count). The zero-order valence-corrected chi connectivity index (χ0v) is 16.3. The molecule has 0 saturated carbocycles. The maximum atomic E-state index is 12.1. The van der Waals surface area contributed by atoms with Crippen LogP contribution >= 0.6 is 0 Å². The summed E-state index contributed by atoms with van der Waals surface area (Å²) in [6.07, 6.45) is 1.31. The number of hydrogen-bond acceptors (Lipinski definition) is 5. The van der Waals surface area contributed by atoms with Crippen molar-refractivity contribution in [2.75, 3.05) is 34.0 Å². The largest absolute Gasteiger partial charge is 0.508 e. The Balaban J connectivity index is 1.48. The average molecular weight is 385 g/mol. The smallest absolute Gasteiger partial charge is 0.314 e. The molecule has 0 fully saturated rings. The van der Waals surface area contributed by atoms with Crippen LogP contribution in [0, 0.1) is 0 Å². The van der Waals surface area contributed by atoms with Gasteiger partial charge in [-0.05, 0) is 50.2 Å². The number of likely N-dealkylation sites (N-methyl/N-ethyl adjacent to an activating group) is 1. The van der Waals surface area contributed by atoms with Gasteiger partial charge in [-0.15, -0.1) is 0 Å². The maximum absolute atomic E-state index is 12.1. The number of hydrogen-bond donors (Lipinski definition) is 3. The van der Waals surface area contributed by atoms with E-state index in [2.05, 4.69) is 15.5 Å². The Labute approximate surface area is 165 Å². The molecular formula is C21H27N3O4. The fraction of sp³-hybridized carbons (Fsp3) is 0.381. The molecule has 1 aliphatic rings. The number of carbonyl (C=O) groups is 1.